The molecule has 0 N–H and O–H groups in total. The largest absolute Gasteiger partial charge is 0.339 e. The van der Waals surface area contributed by atoms with Crippen LogP contribution in [-0.2, 0) is 11.8 Å². The van der Waals surface area contributed by atoms with E-state index < -0.39 is 0 Å². The van der Waals surface area contributed by atoms with Crippen molar-refractivity contribution in [2.24, 2.45) is 13.0 Å². The number of benzene rings is 1. The molecular weight excluding hydrogens is 390 g/mol. The first-order valence-electron chi connectivity index (χ1n) is 11.0. The number of hydrogen-bond donors (Lipinski definition) is 0. The van der Waals surface area contributed by atoms with Gasteiger partial charge in [0.05, 0.1) is 22.3 Å². The number of piperazine rings is 1. The van der Waals surface area contributed by atoms with Gasteiger partial charge in [0.15, 0.2) is 5.65 Å². The van der Waals surface area contributed by atoms with Crippen molar-refractivity contribution in [2.45, 2.75) is 26.2 Å². The number of hydrogen-bond acceptors (Lipinski definition) is 4. The number of rotatable bonds is 3. The molecule has 0 radical (unpaired) electrons. The van der Waals surface area contributed by atoms with Gasteiger partial charge in [-0.05, 0) is 25.8 Å². The average Bonchev–Trinajstić information content (AvgIpc) is 3.05. The summed E-state index contributed by atoms with van der Waals surface area (Å²) in [6, 6.07) is 11.8. The molecule has 2 aromatic heterocycles. The van der Waals surface area contributed by atoms with E-state index in [4.69, 9.17) is 4.98 Å². The zero-order valence-corrected chi connectivity index (χ0v) is 18.0. The van der Waals surface area contributed by atoms with Crippen LogP contribution in [0.15, 0.2) is 36.4 Å². The molecule has 1 aliphatic heterocycles. The number of carbonyl (C=O) groups excluding carboxylic acids is 2. The molecule has 0 unspecified atom stereocenters. The SMILES string of the molecule is Cc1nn(C)c2nc(-c3ccccc3)cc(C(=O)N3CCN(C(=O)C4CCC4)CC3)c12. The Bertz CT molecular complexity index is 1140. The van der Waals surface area contributed by atoms with E-state index in [9.17, 15) is 9.59 Å². The van der Waals surface area contributed by atoms with Gasteiger partial charge in [0, 0.05) is 44.7 Å². The fraction of sp³-hybridized carbons (Fsp3) is 0.417. The van der Waals surface area contributed by atoms with Crippen LogP contribution in [-0.4, -0.2) is 62.6 Å². The molecule has 0 atom stereocenters. The van der Waals surface area contributed by atoms with E-state index in [1.807, 2.05) is 60.2 Å². The van der Waals surface area contributed by atoms with Crippen LogP contribution < -0.4 is 0 Å². The number of nitrogens with zero attached hydrogens (tertiary/aromatic N) is 5. The quantitative estimate of drug-likeness (QED) is 0.657. The van der Waals surface area contributed by atoms with Crippen LogP contribution in [0, 0.1) is 12.8 Å². The second-order valence-corrected chi connectivity index (χ2v) is 8.57. The van der Waals surface area contributed by atoms with Crippen LogP contribution in [0.1, 0.15) is 35.3 Å². The lowest BCUT2D eigenvalue weighted by molar-refractivity contribution is -0.139. The Balaban J connectivity index is 1.45. The summed E-state index contributed by atoms with van der Waals surface area (Å²) in [5.74, 6) is 0.448. The first-order valence-corrected chi connectivity index (χ1v) is 11.0. The molecular formula is C24H27N5O2. The van der Waals surface area contributed by atoms with E-state index in [0.717, 1.165) is 41.6 Å². The monoisotopic (exact) mass is 417 g/mol. The first-order chi connectivity index (χ1) is 15.0. The normalized spacial score (nSPS) is 17.1. The fourth-order valence-corrected chi connectivity index (χ4v) is 4.58. The molecule has 1 aromatic carbocycles. The summed E-state index contributed by atoms with van der Waals surface area (Å²) in [6.45, 7) is 4.24. The number of fused-ring (bicyclic) bond motifs is 1. The van der Waals surface area contributed by atoms with E-state index >= 15 is 0 Å². The van der Waals surface area contributed by atoms with Crippen molar-refractivity contribution in [3.63, 3.8) is 0 Å². The second kappa shape index (κ2) is 7.80. The number of carbonyl (C=O) groups is 2. The maximum Gasteiger partial charge on any atom is 0.254 e. The molecule has 2 fully saturated rings. The van der Waals surface area contributed by atoms with E-state index in [0.29, 0.717) is 37.4 Å². The molecule has 0 bridgehead atoms. The third-order valence-corrected chi connectivity index (χ3v) is 6.60. The Morgan fingerprint density at radius 3 is 2.32 bits per heavy atom. The minimum Gasteiger partial charge on any atom is -0.339 e. The summed E-state index contributed by atoms with van der Waals surface area (Å²) in [4.78, 5) is 34.7. The van der Waals surface area contributed by atoms with Crippen molar-refractivity contribution in [3.05, 3.63) is 47.7 Å². The van der Waals surface area contributed by atoms with Crippen molar-refractivity contribution in [3.8, 4) is 11.3 Å². The second-order valence-electron chi connectivity index (χ2n) is 8.57. The third kappa shape index (κ3) is 3.48. The van der Waals surface area contributed by atoms with Crippen LogP contribution in [0.5, 0.6) is 0 Å². The van der Waals surface area contributed by atoms with E-state index in [2.05, 4.69) is 5.10 Å². The Hall–Kier alpha value is -3.22. The van der Waals surface area contributed by atoms with Gasteiger partial charge in [-0.3, -0.25) is 14.3 Å². The van der Waals surface area contributed by atoms with E-state index in [1.54, 1.807) is 4.68 Å². The highest BCUT2D eigenvalue weighted by molar-refractivity contribution is 6.07. The zero-order valence-electron chi connectivity index (χ0n) is 18.0. The predicted octanol–water partition coefficient (Wildman–Crippen LogP) is 3.03. The number of aromatic nitrogens is 3. The van der Waals surface area contributed by atoms with Crippen molar-refractivity contribution in [1.82, 2.24) is 24.6 Å². The van der Waals surface area contributed by atoms with Crippen molar-refractivity contribution in [2.75, 3.05) is 26.2 Å². The number of aryl methyl sites for hydroxylation is 2. The Kier molecular flexibility index (Phi) is 4.96. The Morgan fingerprint density at radius 1 is 1.00 bits per heavy atom. The summed E-state index contributed by atoms with van der Waals surface area (Å²) < 4.78 is 1.74. The lowest BCUT2D eigenvalue weighted by Gasteiger charge is -2.38. The molecule has 2 aliphatic rings. The molecule has 2 amide bonds. The van der Waals surface area contributed by atoms with Gasteiger partial charge in [-0.15, -0.1) is 0 Å². The average molecular weight is 418 g/mol. The van der Waals surface area contributed by atoms with E-state index in [-0.39, 0.29) is 17.7 Å². The highest BCUT2D eigenvalue weighted by Crippen LogP contribution is 2.30. The summed E-state index contributed by atoms with van der Waals surface area (Å²) in [5, 5.41) is 5.32. The van der Waals surface area contributed by atoms with Gasteiger partial charge >= 0.3 is 0 Å². The minimum absolute atomic E-state index is 0.0172. The van der Waals surface area contributed by atoms with E-state index in [1.165, 1.54) is 0 Å². The smallest absolute Gasteiger partial charge is 0.254 e. The van der Waals surface area contributed by atoms with Gasteiger partial charge in [0.25, 0.3) is 5.91 Å². The van der Waals surface area contributed by atoms with Crippen LogP contribution in [0.25, 0.3) is 22.3 Å². The molecule has 3 aromatic rings. The molecule has 160 valence electrons. The predicted molar refractivity (Wildman–Crippen MR) is 119 cm³/mol. The van der Waals surface area contributed by atoms with Gasteiger partial charge in [-0.2, -0.15) is 5.10 Å². The summed E-state index contributed by atoms with van der Waals surface area (Å²) in [5.41, 5.74) is 3.87. The maximum atomic E-state index is 13.6. The lowest BCUT2D eigenvalue weighted by Crippen LogP contribution is -2.52. The molecule has 1 aliphatic carbocycles. The molecule has 3 heterocycles. The summed E-state index contributed by atoms with van der Waals surface area (Å²) in [7, 11) is 1.86. The Labute approximate surface area is 181 Å². The first kappa shape index (κ1) is 19.7. The lowest BCUT2D eigenvalue weighted by atomic mass is 9.84. The third-order valence-electron chi connectivity index (χ3n) is 6.60. The highest BCUT2D eigenvalue weighted by Gasteiger charge is 2.33. The molecule has 31 heavy (non-hydrogen) atoms. The van der Waals surface area contributed by atoms with Crippen LogP contribution in [0.3, 0.4) is 0 Å². The van der Waals surface area contributed by atoms with Gasteiger partial charge in [0.1, 0.15) is 0 Å². The van der Waals surface area contributed by atoms with Gasteiger partial charge in [-0.25, -0.2) is 4.98 Å². The van der Waals surface area contributed by atoms with Gasteiger partial charge in [-0.1, -0.05) is 36.8 Å². The van der Waals surface area contributed by atoms with Crippen molar-refractivity contribution in [1.29, 1.82) is 0 Å². The maximum absolute atomic E-state index is 13.6. The zero-order chi connectivity index (χ0) is 21.5. The van der Waals surface area contributed by atoms with Crippen molar-refractivity contribution < 1.29 is 9.59 Å². The summed E-state index contributed by atoms with van der Waals surface area (Å²) in [6.07, 6.45) is 3.17. The fourth-order valence-electron chi connectivity index (χ4n) is 4.58. The molecule has 7 heteroatoms. The summed E-state index contributed by atoms with van der Waals surface area (Å²) >= 11 is 0. The topological polar surface area (TPSA) is 71.3 Å². The molecule has 1 saturated carbocycles. The van der Waals surface area contributed by atoms with Crippen LogP contribution in [0.4, 0.5) is 0 Å². The van der Waals surface area contributed by atoms with Crippen LogP contribution >= 0.6 is 0 Å². The molecule has 0 spiro atoms. The van der Waals surface area contributed by atoms with Gasteiger partial charge < -0.3 is 9.80 Å². The molecule has 1 saturated heterocycles. The van der Waals surface area contributed by atoms with Crippen LogP contribution in [0.2, 0.25) is 0 Å². The molecule has 7 nitrogen and oxygen atoms in total. The minimum atomic E-state index is -0.0172. The number of pyridine rings is 1. The Morgan fingerprint density at radius 2 is 1.68 bits per heavy atom. The van der Waals surface area contributed by atoms with Gasteiger partial charge in [0.2, 0.25) is 5.91 Å². The molecule has 5 rings (SSSR count). The standard InChI is InChI=1S/C24H27N5O2/c1-16-21-19(15-20(17-7-4-3-5-8-17)25-22(21)27(2)26-16)24(31)29-13-11-28(12-14-29)23(30)18-9-6-10-18/h3-5,7-8,15,18H,6,9-14H2,1-2H3. The van der Waals surface area contributed by atoms with Crippen molar-refractivity contribution >= 4 is 22.8 Å². The highest BCUT2D eigenvalue weighted by atomic mass is 16.2. The number of amides is 2.